The topological polar surface area (TPSA) is 4.36 Å². The van der Waals surface area contributed by atoms with E-state index in [1.165, 1.54) is 0 Å². The molecular formula is C10H14F3N. The number of hydrogen-bond donors (Lipinski definition) is 0. The summed E-state index contributed by atoms with van der Waals surface area (Å²) in [7, 11) is 0. The molecule has 0 bridgehead atoms. The zero-order valence-electron chi connectivity index (χ0n) is 7.98. The van der Waals surface area contributed by atoms with Gasteiger partial charge in [0.15, 0.2) is 0 Å². The van der Waals surface area contributed by atoms with Crippen LogP contribution in [0.5, 0.6) is 0 Å². The Balaban J connectivity index is 2.40. The second-order valence-electron chi connectivity index (χ2n) is 3.94. The van der Waals surface area contributed by atoms with Crippen molar-refractivity contribution in [1.82, 2.24) is 0 Å². The van der Waals surface area contributed by atoms with Gasteiger partial charge in [0.2, 0.25) is 6.54 Å². The van der Waals surface area contributed by atoms with Crippen molar-refractivity contribution in [2.75, 3.05) is 6.54 Å². The van der Waals surface area contributed by atoms with Crippen molar-refractivity contribution in [1.29, 1.82) is 0 Å². The van der Waals surface area contributed by atoms with E-state index in [0.717, 1.165) is 6.42 Å². The molecule has 0 aromatic heterocycles. The minimum absolute atomic E-state index is 0.115. The van der Waals surface area contributed by atoms with E-state index in [1.54, 1.807) is 0 Å². The Labute approximate surface area is 82.1 Å². The van der Waals surface area contributed by atoms with E-state index in [1.807, 2.05) is 0 Å². The second-order valence-corrected chi connectivity index (χ2v) is 3.94. The maximum atomic E-state index is 12.4. The number of alkyl halides is 3. The maximum Gasteiger partial charge on any atom is 0.391 e. The lowest BCUT2D eigenvalue weighted by atomic mass is 9.79. The van der Waals surface area contributed by atoms with Crippen LogP contribution in [-0.2, 0) is 0 Å². The summed E-state index contributed by atoms with van der Waals surface area (Å²) in [5, 5.41) is 0. The Morgan fingerprint density at radius 3 is 2.57 bits per heavy atom. The highest BCUT2D eigenvalue weighted by Gasteiger charge is 2.41. The molecule has 1 nitrogen and oxygen atoms in total. The van der Waals surface area contributed by atoms with Gasteiger partial charge in [0.25, 0.3) is 0 Å². The summed E-state index contributed by atoms with van der Waals surface area (Å²) >= 11 is 0. The second kappa shape index (κ2) is 4.68. The van der Waals surface area contributed by atoms with Crippen LogP contribution in [0, 0.1) is 18.4 Å². The highest BCUT2D eigenvalue weighted by atomic mass is 19.4. The van der Waals surface area contributed by atoms with Crippen LogP contribution in [0.3, 0.4) is 0 Å². The molecule has 0 N–H and O–H groups in total. The first-order valence-corrected chi connectivity index (χ1v) is 4.94. The van der Waals surface area contributed by atoms with Gasteiger partial charge in [0, 0.05) is 6.42 Å². The largest absolute Gasteiger partial charge is 0.391 e. The fraction of sp³-hybridized carbons (Fsp3) is 0.900. The van der Waals surface area contributed by atoms with Crippen molar-refractivity contribution in [2.45, 2.75) is 38.3 Å². The number of rotatable bonds is 2. The van der Waals surface area contributed by atoms with Gasteiger partial charge in [0.05, 0.1) is 5.92 Å². The molecule has 0 amide bonds. The molecule has 1 saturated carbocycles. The SMILES string of the molecule is [C-]#[N+]CCC1CCCC(C(F)(F)F)C1. The Bertz CT molecular complexity index is 216. The average molecular weight is 205 g/mol. The smallest absolute Gasteiger partial charge is 0.317 e. The Morgan fingerprint density at radius 1 is 1.29 bits per heavy atom. The molecule has 1 aliphatic rings. The van der Waals surface area contributed by atoms with E-state index in [2.05, 4.69) is 4.85 Å². The van der Waals surface area contributed by atoms with Crippen molar-refractivity contribution in [2.24, 2.45) is 11.8 Å². The molecular weight excluding hydrogens is 191 g/mol. The van der Waals surface area contributed by atoms with Crippen LogP contribution in [0.4, 0.5) is 13.2 Å². The van der Waals surface area contributed by atoms with Crippen LogP contribution in [0.15, 0.2) is 0 Å². The Kier molecular flexibility index (Phi) is 3.79. The monoisotopic (exact) mass is 205 g/mol. The molecule has 4 heteroatoms. The minimum Gasteiger partial charge on any atom is -0.317 e. The summed E-state index contributed by atoms with van der Waals surface area (Å²) < 4.78 is 37.1. The van der Waals surface area contributed by atoms with Crippen LogP contribution < -0.4 is 0 Å². The summed E-state index contributed by atoms with van der Waals surface area (Å²) in [5.74, 6) is -1.00. The molecule has 14 heavy (non-hydrogen) atoms. The summed E-state index contributed by atoms with van der Waals surface area (Å²) in [6, 6.07) is 0. The van der Waals surface area contributed by atoms with Gasteiger partial charge in [-0.15, -0.1) is 0 Å². The first kappa shape index (κ1) is 11.4. The highest BCUT2D eigenvalue weighted by Crippen LogP contribution is 2.40. The molecule has 0 spiro atoms. The van der Waals surface area contributed by atoms with Crippen molar-refractivity contribution in [3.63, 3.8) is 0 Å². The van der Waals surface area contributed by atoms with Crippen LogP contribution in [-0.4, -0.2) is 12.7 Å². The Hall–Kier alpha value is -0.720. The molecule has 0 aromatic carbocycles. The quantitative estimate of drug-likeness (QED) is 0.606. The third-order valence-corrected chi connectivity index (χ3v) is 2.89. The van der Waals surface area contributed by atoms with Crippen LogP contribution >= 0.6 is 0 Å². The molecule has 80 valence electrons. The van der Waals surface area contributed by atoms with E-state index >= 15 is 0 Å². The van der Waals surface area contributed by atoms with Crippen molar-refractivity contribution in [3.8, 4) is 0 Å². The van der Waals surface area contributed by atoms with Gasteiger partial charge in [0.1, 0.15) is 0 Å². The van der Waals surface area contributed by atoms with Crippen molar-refractivity contribution >= 4 is 0 Å². The lowest BCUT2D eigenvalue weighted by molar-refractivity contribution is -0.185. The van der Waals surface area contributed by atoms with Gasteiger partial charge in [-0.1, -0.05) is 12.8 Å². The van der Waals surface area contributed by atoms with E-state index in [-0.39, 0.29) is 18.8 Å². The normalized spacial score (nSPS) is 28.4. The predicted molar refractivity (Wildman–Crippen MR) is 47.6 cm³/mol. The zero-order chi connectivity index (χ0) is 10.6. The van der Waals surface area contributed by atoms with Crippen LogP contribution in [0.2, 0.25) is 0 Å². The van der Waals surface area contributed by atoms with Crippen molar-refractivity contribution < 1.29 is 13.2 Å². The molecule has 1 fully saturated rings. The zero-order valence-corrected chi connectivity index (χ0v) is 7.98. The summed E-state index contributed by atoms with van der Waals surface area (Å²) in [6.07, 6.45) is -1.36. The van der Waals surface area contributed by atoms with E-state index in [0.29, 0.717) is 19.4 Å². The fourth-order valence-corrected chi connectivity index (χ4v) is 2.10. The lowest BCUT2D eigenvalue weighted by Gasteiger charge is -2.29. The van der Waals surface area contributed by atoms with Crippen molar-refractivity contribution in [3.05, 3.63) is 11.4 Å². The van der Waals surface area contributed by atoms with Gasteiger partial charge in [-0.2, -0.15) is 13.2 Å². The molecule has 1 aliphatic carbocycles. The van der Waals surface area contributed by atoms with Gasteiger partial charge < -0.3 is 4.85 Å². The third-order valence-electron chi connectivity index (χ3n) is 2.89. The number of hydrogen-bond acceptors (Lipinski definition) is 0. The lowest BCUT2D eigenvalue weighted by Crippen LogP contribution is -2.28. The van der Waals surface area contributed by atoms with E-state index in [4.69, 9.17) is 6.57 Å². The predicted octanol–water partition coefficient (Wildman–Crippen LogP) is 3.66. The first-order valence-electron chi connectivity index (χ1n) is 4.94. The van der Waals surface area contributed by atoms with Crippen LogP contribution in [0.25, 0.3) is 4.85 Å². The number of nitrogens with zero attached hydrogens (tertiary/aromatic N) is 1. The standard InChI is InChI=1S/C10H14F3N/c1-14-6-5-8-3-2-4-9(7-8)10(11,12)13/h8-9H,2-7H2. The maximum absolute atomic E-state index is 12.4. The first-order chi connectivity index (χ1) is 6.54. The molecule has 2 unspecified atom stereocenters. The van der Waals surface area contributed by atoms with E-state index < -0.39 is 12.1 Å². The molecule has 2 atom stereocenters. The fourth-order valence-electron chi connectivity index (χ4n) is 2.10. The average Bonchev–Trinajstić information content (AvgIpc) is 2.14. The van der Waals surface area contributed by atoms with E-state index in [9.17, 15) is 13.2 Å². The Morgan fingerprint density at radius 2 is 2.00 bits per heavy atom. The molecule has 0 heterocycles. The molecule has 0 aromatic rings. The molecule has 0 radical (unpaired) electrons. The van der Waals surface area contributed by atoms with Gasteiger partial charge in [-0.3, -0.25) is 0 Å². The van der Waals surface area contributed by atoms with Gasteiger partial charge >= 0.3 is 6.18 Å². The van der Waals surface area contributed by atoms with Gasteiger partial charge in [-0.05, 0) is 18.8 Å². The summed E-state index contributed by atoms with van der Waals surface area (Å²) in [5.41, 5.74) is 0. The highest BCUT2D eigenvalue weighted by molar-refractivity contribution is 4.79. The minimum atomic E-state index is -4.03. The summed E-state index contributed by atoms with van der Waals surface area (Å²) in [4.78, 5) is 3.19. The third kappa shape index (κ3) is 3.21. The summed E-state index contributed by atoms with van der Waals surface area (Å²) in [6.45, 7) is 6.97. The molecule has 0 aliphatic heterocycles. The number of halogens is 3. The molecule has 0 saturated heterocycles. The molecule has 1 rings (SSSR count). The van der Waals surface area contributed by atoms with Gasteiger partial charge in [-0.25, -0.2) is 6.57 Å². The van der Waals surface area contributed by atoms with Crippen LogP contribution in [0.1, 0.15) is 32.1 Å².